The third kappa shape index (κ3) is 9.60. The molecule has 3 aliphatic heterocycles. The Morgan fingerprint density at radius 3 is 1.67 bits per heavy atom. The molecule has 356 valence electrons. The van der Waals surface area contributed by atoms with Crippen molar-refractivity contribution in [1.82, 2.24) is 40.4 Å². The minimum Gasteiger partial charge on any atom is -0.453 e. The van der Waals surface area contributed by atoms with Gasteiger partial charge in [0, 0.05) is 36.4 Å². The summed E-state index contributed by atoms with van der Waals surface area (Å²) in [6, 6.07) is 18.0. The Hall–Kier alpha value is -5.64. The summed E-state index contributed by atoms with van der Waals surface area (Å²) in [5.74, 6) is 0.966. The molecule has 67 heavy (non-hydrogen) atoms. The highest BCUT2D eigenvalue weighted by molar-refractivity contribution is 6.32. The zero-order valence-corrected chi connectivity index (χ0v) is 40.7. The van der Waals surface area contributed by atoms with Gasteiger partial charge < -0.3 is 44.6 Å². The number of carbonyl (C=O) groups excluding carboxylic acids is 4. The van der Waals surface area contributed by atoms with Crippen LogP contribution in [0.1, 0.15) is 91.0 Å². The molecule has 0 saturated carbocycles. The van der Waals surface area contributed by atoms with Crippen molar-refractivity contribution in [3.05, 3.63) is 82.6 Å². The van der Waals surface area contributed by atoms with Gasteiger partial charge in [0.1, 0.15) is 45.4 Å². The number of aromatic amines is 2. The molecule has 2 aromatic heterocycles. The standard InChI is InChI=1S/C50H60Cl2N8O7/c1-25(2)39(55-49(63)65-7)47(61)59-28(5)26(3)21-37(59)45-53-40(43(51)57-45)31-11-9-30(10-12-31)33-13-14-35-24-36(16-15-34(35)23-33)41-44(52)58-46(54-41)38-22-27(4)29(6)60(38)48(62)42(56-50(64)66-8)32-17-19-67-20-18-32/h9-16,23-29,32,37-39,42H,17-22H2,1-8H3,(H,53,57)(H,54,58)(H,55,63)(H,56,64)/t26-,27-,28-,29-,37+,38+,39+,42+/m1/s1. The number of fused-ring (bicyclic) bond motifs is 1. The second kappa shape index (κ2) is 19.9. The van der Waals surface area contributed by atoms with Crippen LogP contribution < -0.4 is 10.6 Å². The number of imidazole rings is 2. The number of halogens is 2. The van der Waals surface area contributed by atoms with Gasteiger partial charge >= 0.3 is 12.2 Å². The molecule has 8 atom stereocenters. The van der Waals surface area contributed by atoms with E-state index in [-0.39, 0.29) is 59.7 Å². The molecule has 0 unspecified atom stereocenters. The molecule has 3 aliphatic rings. The van der Waals surface area contributed by atoms with Gasteiger partial charge in [0.15, 0.2) is 0 Å². The van der Waals surface area contributed by atoms with E-state index in [1.807, 2.05) is 67.8 Å². The lowest BCUT2D eigenvalue weighted by molar-refractivity contribution is -0.139. The third-order valence-corrected chi connectivity index (χ3v) is 14.9. The Balaban J connectivity index is 0.994. The summed E-state index contributed by atoms with van der Waals surface area (Å²) >= 11 is 13.7. The Kier molecular flexibility index (Phi) is 14.2. The maximum Gasteiger partial charge on any atom is 0.407 e. The number of likely N-dealkylation sites (tertiary alicyclic amines) is 2. The van der Waals surface area contributed by atoms with Crippen molar-refractivity contribution in [2.24, 2.45) is 23.7 Å². The smallest absolute Gasteiger partial charge is 0.407 e. The fraction of sp³-hybridized carbons (Fsp3) is 0.480. The highest BCUT2D eigenvalue weighted by Gasteiger charge is 2.47. The predicted molar refractivity (Wildman–Crippen MR) is 257 cm³/mol. The summed E-state index contributed by atoms with van der Waals surface area (Å²) < 4.78 is 15.3. The molecule has 5 heterocycles. The van der Waals surface area contributed by atoms with Crippen LogP contribution in [0.3, 0.4) is 0 Å². The van der Waals surface area contributed by atoms with Crippen LogP contribution in [0, 0.1) is 23.7 Å². The van der Waals surface area contributed by atoms with Crippen molar-refractivity contribution in [1.29, 1.82) is 0 Å². The average molecular weight is 956 g/mol. The number of alkyl carbamates (subject to hydrolysis) is 2. The van der Waals surface area contributed by atoms with E-state index >= 15 is 0 Å². The number of nitrogens with zero attached hydrogens (tertiary/aromatic N) is 4. The second-order valence-corrected chi connectivity index (χ2v) is 19.5. The zero-order chi connectivity index (χ0) is 47.8. The van der Waals surface area contributed by atoms with Crippen molar-refractivity contribution in [2.45, 2.75) is 103 Å². The third-order valence-electron chi connectivity index (χ3n) is 14.3. The Labute approximate surface area is 401 Å². The number of methoxy groups -OCH3 is 2. The first kappa shape index (κ1) is 47.8. The van der Waals surface area contributed by atoms with Crippen molar-refractivity contribution in [2.75, 3.05) is 27.4 Å². The summed E-state index contributed by atoms with van der Waals surface area (Å²) in [5, 5.41) is 8.36. The van der Waals surface area contributed by atoms with Crippen molar-refractivity contribution in [3.63, 3.8) is 0 Å². The molecule has 3 saturated heterocycles. The van der Waals surface area contributed by atoms with Crippen LogP contribution in [0.4, 0.5) is 9.59 Å². The second-order valence-electron chi connectivity index (χ2n) is 18.8. The highest BCUT2D eigenvalue weighted by Crippen LogP contribution is 2.44. The van der Waals surface area contributed by atoms with Crippen LogP contribution in [0.2, 0.25) is 10.3 Å². The van der Waals surface area contributed by atoms with Gasteiger partial charge in [-0.25, -0.2) is 19.6 Å². The maximum atomic E-state index is 14.4. The van der Waals surface area contributed by atoms with Gasteiger partial charge in [-0.3, -0.25) is 9.59 Å². The van der Waals surface area contributed by atoms with E-state index in [1.165, 1.54) is 14.2 Å². The molecule has 0 aliphatic carbocycles. The molecular weight excluding hydrogens is 896 g/mol. The summed E-state index contributed by atoms with van der Waals surface area (Å²) in [6.07, 6.45) is 1.39. The number of ether oxygens (including phenoxy) is 3. The number of nitrogens with one attached hydrogen (secondary N) is 4. The molecule has 3 aromatic carbocycles. The topological polar surface area (TPSA) is 184 Å². The molecule has 15 nitrogen and oxygen atoms in total. The Bertz CT molecular complexity index is 2630. The summed E-state index contributed by atoms with van der Waals surface area (Å²) in [6.45, 7) is 13.1. The lowest BCUT2D eigenvalue weighted by Gasteiger charge is -2.36. The van der Waals surface area contributed by atoms with Crippen molar-refractivity contribution < 1.29 is 33.4 Å². The lowest BCUT2D eigenvalue weighted by atomic mass is 9.90. The number of benzene rings is 3. The van der Waals surface area contributed by atoms with Crippen LogP contribution in [-0.2, 0) is 23.8 Å². The van der Waals surface area contributed by atoms with E-state index in [4.69, 9.17) is 47.4 Å². The molecule has 0 radical (unpaired) electrons. The van der Waals surface area contributed by atoms with E-state index in [9.17, 15) is 19.2 Å². The van der Waals surface area contributed by atoms with Gasteiger partial charge in [0.2, 0.25) is 11.8 Å². The largest absolute Gasteiger partial charge is 0.453 e. The number of rotatable bonds is 11. The van der Waals surface area contributed by atoms with E-state index in [1.54, 1.807) is 0 Å². The summed E-state index contributed by atoms with van der Waals surface area (Å²) in [4.78, 5) is 73.3. The fourth-order valence-electron chi connectivity index (χ4n) is 10.1. The molecule has 4 amide bonds. The first-order valence-corrected chi connectivity index (χ1v) is 23.9. The summed E-state index contributed by atoms with van der Waals surface area (Å²) in [7, 11) is 2.58. The lowest BCUT2D eigenvalue weighted by Crippen LogP contribution is -2.54. The molecule has 0 bridgehead atoms. The van der Waals surface area contributed by atoms with Crippen LogP contribution in [0.15, 0.2) is 60.7 Å². The van der Waals surface area contributed by atoms with Crippen molar-refractivity contribution >= 4 is 58.0 Å². The molecule has 5 aromatic rings. The van der Waals surface area contributed by atoms with Gasteiger partial charge in [0.05, 0.1) is 26.3 Å². The summed E-state index contributed by atoms with van der Waals surface area (Å²) in [5.41, 5.74) is 4.88. The molecule has 0 spiro atoms. The van der Waals surface area contributed by atoms with E-state index < -0.39 is 24.3 Å². The quantitative estimate of drug-likeness (QED) is 0.100. The molecule has 8 rings (SSSR count). The molecule has 17 heteroatoms. The SMILES string of the molecule is COC(=O)N[C@H](C(=O)N1[C@H](C)[C@H](C)C[C@H]1c1nc(-c2ccc(-c3ccc4cc(-c5nc([C@@H]6C[C@@H](C)[C@@H](C)N6C(=O)[C@@H](NC(=O)OC)C6CCOCC6)[nH]c5Cl)ccc4c3)cc2)c(Cl)[nH]1)C(C)C. The number of hydrogen-bond donors (Lipinski definition) is 4. The molecule has 4 N–H and O–H groups in total. The normalized spacial score (nSPS) is 23.1. The number of carbonyl (C=O) groups is 4. The highest BCUT2D eigenvalue weighted by atomic mass is 35.5. The van der Waals surface area contributed by atoms with Gasteiger partial charge in [0.25, 0.3) is 0 Å². The number of aromatic nitrogens is 4. The Morgan fingerprint density at radius 2 is 1.13 bits per heavy atom. The van der Waals surface area contributed by atoms with Crippen molar-refractivity contribution in [3.8, 4) is 33.6 Å². The van der Waals surface area contributed by atoms with Crippen LogP contribution >= 0.6 is 23.2 Å². The first-order chi connectivity index (χ1) is 32.1. The van der Waals surface area contributed by atoms with Gasteiger partial charge in [-0.2, -0.15) is 0 Å². The van der Waals surface area contributed by atoms with E-state index in [2.05, 4.69) is 64.8 Å². The number of hydrogen-bond acceptors (Lipinski definition) is 9. The fourth-order valence-corrected chi connectivity index (χ4v) is 10.6. The van der Waals surface area contributed by atoms with Gasteiger partial charge in [-0.15, -0.1) is 0 Å². The molecular formula is C50H60Cl2N8O7. The van der Waals surface area contributed by atoms with Crippen LogP contribution in [0.5, 0.6) is 0 Å². The maximum absolute atomic E-state index is 14.4. The predicted octanol–water partition coefficient (Wildman–Crippen LogP) is 9.72. The zero-order valence-electron chi connectivity index (χ0n) is 39.2. The van der Waals surface area contributed by atoms with Crippen LogP contribution in [0.25, 0.3) is 44.4 Å². The van der Waals surface area contributed by atoms with Crippen LogP contribution in [-0.4, -0.2) is 105 Å². The first-order valence-electron chi connectivity index (χ1n) is 23.1. The monoisotopic (exact) mass is 954 g/mol. The minimum atomic E-state index is -0.761. The van der Waals surface area contributed by atoms with Gasteiger partial charge in [-0.05, 0) is 97.2 Å². The van der Waals surface area contributed by atoms with Gasteiger partial charge in [-0.1, -0.05) is 99.4 Å². The number of amides is 4. The van der Waals surface area contributed by atoms with E-state index in [0.29, 0.717) is 72.2 Å². The van der Waals surface area contributed by atoms with E-state index in [0.717, 1.165) is 33.0 Å². The Morgan fingerprint density at radius 1 is 0.672 bits per heavy atom. The average Bonchev–Trinajstić information content (AvgIpc) is 4.08. The minimum absolute atomic E-state index is 0.0845. The molecule has 3 fully saturated rings. The number of H-pyrrole nitrogens is 2.